The average Bonchev–Trinajstić information content (AvgIpc) is 3.65. The highest BCUT2D eigenvalue weighted by Gasteiger charge is 2.48. The van der Waals surface area contributed by atoms with E-state index in [0.717, 1.165) is 10.2 Å². The number of halogens is 3. The lowest BCUT2D eigenvalue weighted by molar-refractivity contribution is -0.153. The molecule has 1 aliphatic heterocycles. The van der Waals surface area contributed by atoms with E-state index in [1.807, 2.05) is 0 Å². The van der Waals surface area contributed by atoms with Crippen LogP contribution in [0.1, 0.15) is 62.5 Å². The van der Waals surface area contributed by atoms with Crippen molar-refractivity contribution in [3.05, 3.63) is 70.2 Å². The van der Waals surface area contributed by atoms with Crippen LogP contribution < -0.4 is 14.8 Å². The predicted molar refractivity (Wildman–Crippen MR) is 143 cm³/mol. The quantitative estimate of drug-likeness (QED) is 0.396. The first-order valence-corrected chi connectivity index (χ1v) is 14.7. The van der Waals surface area contributed by atoms with E-state index in [1.165, 1.54) is 18.3 Å². The summed E-state index contributed by atoms with van der Waals surface area (Å²) in [7, 11) is -2.34. The number of alkyl halides is 3. The van der Waals surface area contributed by atoms with Gasteiger partial charge in [-0.15, -0.1) is 0 Å². The van der Waals surface area contributed by atoms with Gasteiger partial charge < -0.3 is 10.1 Å². The molecule has 15 heteroatoms. The highest BCUT2D eigenvalue weighted by Crippen LogP contribution is 2.44. The monoisotopic (exact) mass is 602 g/mol. The second kappa shape index (κ2) is 9.93. The van der Waals surface area contributed by atoms with E-state index in [0.29, 0.717) is 36.8 Å². The number of carbonyl (C=O) groups is 2. The van der Waals surface area contributed by atoms with Gasteiger partial charge in [0.05, 0.1) is 22.0 Å². The molecule has 3 heterocycles. The summed E-state index contributed by atoms with van der Waals surface area (Å²) in [5, 5.41) is 6.89. The lowest BCUT2D eigenvalue weighted by atomic mass is 9.82. The van der Waals surface area contributed by atoms with E-state index in [1.54, 1.807) is 31.5 Å². The van der Waals surface area contributed by atoms with Gasteiger partial charge in [-0.3, -0.25) is 14.6 Å². The Bertz CT molecular complexity index is 1730. The number of fused-ring (bicyclic) bond motifs is 3. The molecule has 1 atom stereocenters. The van der Waals surface area contributed by atoms with Crippen molar-refractivity contribution < 1.29 is 35.9 Å². The van der Waals surface area contributed by atoms with Crippen LogP contribution in [0.4, 0.5) is 13.2 Å². The molecule has 1 fully saturated rings. The fourth-order valence-electron chi connectivity index (χ4n) is 5.49. The van der Waals surface area contributed by atoms with Crippen molar-refractivity contribution in [1.29, 1.82) is 0 Å². The van der Waals surface area contributed by atoms with Crippen molar-refractivity contribution in [2.45, 2.75) is 49.1 Å². The van der Waals surface area contributed by atoms with Gasteiger partial charge in [0, 0.05) is 31.4 Å². The second-order valence-electron chi connectivity index (χ2n) is 10.5. The Morgan fingerprint density at radius 1 is 1.29 bits per heavy atom. The number of carbonyl (C=O) groups excluding carboxylic acids is 2. The van der Waals surface area contributed by atoms with Gasteiger partial charge in [-0.2, -0.15) is 18.3 Å². The van der Waals surface area contributed by atoms with Crippen molar-refractivity contribution in [2.24, 2.45) is 4.99 Å². The Balaban J connectivity index is 1.39. The predicted octanol–water partition coefficient (Wildman–Crippen LogP) is 2.61. The Morgan fingerprint density at radius 2 is 2.07 bits per heavy atom. The van der Waals surface area contributed by atoms with E-state index >= 15 is 0 Å². The minimum Gasteiger partial charge on any atom is -0.484 e. The molecule has 6 rings (SSSR count). The van der Waals surface area contributed by atoms with Crippen LogP contribution in [0.3, 0.4) is 0 Å². The fraction of sp³-hybridized carbons (Fsp3) is 0.370. The number of hydrogen-bond acceptors (Lipinski definition) is 8. The van der Waals surface area contributed by atoms with Crippen LogP contribution in [0, 0.1) is 0 Å². The number of amides is 2. The average molecular weight is 603 g/mol. The van der Waals surface area contributed by atoms with Gasteiger partial charge in [-0.1, -0.05) is 6.07 Å². The molecule has 3 aromatic rings. The zero-order chi connectivity index (χ0) is 29.9. The van der Waals surface area contributed by atoms with E-state index in [9.17, 15) is 31.2 Å². The summed E-state index contributed by atoms with van der Waals surface area (Å²) in [4.78, 5) is 35.4. The van der Waals surface area contributed by atoms with Gasteiger partial charge in [-0.05, 0) is 61.1 Å². The number of aromatic nitrogens is 3. The topological polar surface area (TPSA) is 145 Å². The molecule has 0 saturated heterocycles. The molecule has 2 N–H and O–H groups in total. The van der Waals surface area contributed by atoms with Crippen molar-refractivity contribution in [1.82, 2.24) is 24.8 Å². The van der Waals surface area contributed by atoms with Gasteiger partial charge in [0.1, 0.15) is 11.4 Å². The van der Waals surface area contributed by atoms with Crippen molar-refractivity contribution >= 4 is 28.1 Å². The Labute approximate surface area is 238 Å². The smallest absolute Gasteiger partial charge is 0.422 e. The van der Waals surface area contributed by atoms with Gasteiger partial charge in [0.2, 0.25) is 10.0 Å². The first kappa shape index (κ1) is 27.9. The van der Waals surface area contributed by atoms with Crippen LogP contribution in [0.15, 0.2) is 41.5 Å². The largest absolute Gasteiger partial charge is 0.484 e. The van der Waals surface area contributed by atoms with Crippen molar-refractivity contribution in [2.75, 3.05) is 13.7 Å². The van der Waals surface area contributed by atoms with Gasteiger partial charge in [0.25, 0.3) is 11.8 Å². The van der Waals surface area contributed by atoms with Gasteiger partial charge >= 0.3 is 6.18 Å². The number of ether oxygens (including phenoxy) is 1. The van der Waals surface area contributed by atoms with Crippen LogP contribution in [-0.4, -0.2) is 66.3 Å². The third-order valence-corrected chi connectivity index (χ3v) is 9.32. The summed E-state index contributed by atoms with van der Waals surface area (Å²) < 4.78 is 71.3. The number of aryl methyl sites for hydroxylation is 1. The summed E-state index contributed by atoms with van der Waals surface area (Å²) in [6.45, 7) is -1.42. The fourth-order valence-corrected chi connectivity index (χ4v) is 6.77. The first-order valence-electron chi connectivity index (χ1n) is 13.1. The molecule has 3 aliphatic rings. The highest BCUT2D eigenvalue weighted by atomic mass is 32.2. The van der Waals surface area contributed by atoms with E-state index in [4.69, 9.17) is 4.74 Å². The molecule has 1 aromatic carbocycles. The number of hydrogen-bond donors (Lipinski definition) is 2. The van der Waals surface area contributed by atoms with Crippen molar-refractivity contribution in [3.8, 4) is 11.6 Å². The molecule has 1 spiro atoms. The number of benzene rings is 1. The number of pyridine rings is 1. The van der Waals surface area contributed by atoms with E-state index in [2.05, 4.69) is 25.1 Å². The van der Waals surface area contributed by atoms with Crippen LogP contribution in [0.25, 0.3) is 5.82 Å². The highest BCUT2D eigenvalue weighted by molar-refractivity contribution is 7.91. The number of sulfonamides is 1. The molecule has 2 amide bonds. The Kier molecular flexibility index (Phi) is 6.59. The summed E-state index contributed by atoms with van der Waals surface area (Å²) >= 11 is 0. The molecule has 0 radical (unpaired) electrons. The maximum Gasteiger partial charge on any atom is 0.422 e. The molecule has 1 saturated carbocycles. The number of rotatable bonds is 7. The Hall–Kier alpha value is -4.27. The van der Waals surface area contributed by atoms with Crippen molar-refractivity contribution in [3.63, 3.8) is 0 Å². The molecule has 2 aromatic heterocycles. The molecule has 11 nitrogen and oxygen atoms in total. The first-order chi connectivity index (χ1) is 19.9. The molecular formula is C27H25F3N6O5S. The number of nitrogens with zero attached hydrogens (tertiary/aromatic N) is 4. The van der Waals surface area contributed by atoms with Crippen LogP contribution in [0.5, 0.6) is 5.75 Å². The summed E-state index contributed by atoms with van der Waals surface area (Å²) in [5.74, 6) is -1.38. The van der Waals surface area contributed by atoms with Gasteiger partial charge in [0.15, 0.2) is 12.4 Å². The summed E-state index contributed by atoms with van der Waals surface area (Å²) in [5.41, 5.74) is 1.12. The second-order valence-corrected chi connectivity index (χ2v) is 12.5. The molecule has 0 unspecified atom stereocenters. The minimum absolute atomic E-state index is 0.0636. The van der Waals surface area contributed by atoms with Crippen LogP contribution >= 0.6 is 0 Å². The van der Waals surface area contributed by atoms with E-state index < -0.39 is 45.4 Å². The van der Waals surface area contributed by atoms with Crippen LogP contribution in [-0.2, 0) is 28.4 Å². The van der Waals surface area contributed by atoms with Gasteiger partial charge in [-0.25, -0.2) is 22.8 Å². The molecule has 220 valence electrons. The third-order valence-electron chi connectivity index (χ3n) is 7.50. The minimum atomic E-state index is -4.48. The Morgan fingerprint density at radius 3 is 2.74 bits per heavy atom. The maximum atomic E-state index is 13.7. The van der Waals surface area contributed by atoms with E-state index in [-0.39, 0.29) is 34.9 Å². The molecule has 42 heavy (non-hydrogen) atoms. The zero-order valence-corrected chi connectivity index (χ0v) is 23.1. The molecule has 0 bridgehead atoms. The normalized spacial score (nSPS) is 20.0. The maximum absolute atomic E-state index is 13.7. The summed E-state index contributed by atoms with van der Waals surface area (Å²) in [6, 6.07) is 7.84. The number of nitrogens with one attached hydrogen (secondary N) is 2. The number of aliphatic imine (C=N–C) groups is 1. The lowest BCUT2D eigenvalue weighted by Crippen LogP contribution is -2.50. The lowest BCUT2D eigenvalue weighted by Gasteiger charge is -2.35. The molecule has 2 aliphatic carbocycles. The zero-order valence-electron chi connectivity index (χ0n) is 22.2. The third kappa shape index (κ3) is 5.12. The van der Waals surface area contributed by atoms with Crippen LogP contribution in [0.2, 0.25) is 0 Å². The summed E-state index contributed by atoms with van der Waals surface area (Å²) in [6.07, 6.45) is 0.531. The molecular weight excluding hydrogens is 577 g/mol. The SMILES string of the molecule is C/N=C/c1ccc(-n2nc3c(c2C(=O)NS(=O)(=O)C2CC2)C(=O)N[C@]2(CCc4cc(OCC(F)(F)F)ccc42)C3)nc1. The standard InChI is InChI=1S/C27H25F3N6O5S/c1-31-12-15-2-7-21(32-13-15)36-23(25(38)35-42(39,40)18-4-5-18)22-20(34-36)11-26(33-24(22)37)9-8-16-10-17(3-6-19(16)26)41-14-27(28,29)30/h2-3,6-7,10,12-13,18H,4-5,8-9,11,14H2,1H3,(H,33,37)(H,35,38)/b31-12+/t26-/m1/s1.